The minimum Gasteiger partial charge on any atom is -0.303 e. The lowest BCUT2D eigenvalue weighted by molar-refractivity contribution is -0.107. The highest BCUT2D eigenvalue weighted by Gasteiger charge is 1.73. The van der Waals surface area contributed by atoms with Crippen molar-refractivity contribution in [3.63, 3.8) is 0 Å². The van der Waals surface area contributed by atoms with Crippen LogP contribution in [0.1, 0.15) is 19.8 Å². The second-order valence-corrected chi connectivity index (χ2v) is 1.78. The van der Waals surface area contributed by atoms with E-state index in [9.17, 15) is 4.79 Å². The third-order valence-corrected chi connectivity index (χ3v) is 0.860. The Balaban J connectivity index is 3.56. The van der Waals surface area contributed by atoms with E-state index >= 15 is 0 Å². The zero-order valence-corrected chi connectivity index (χ0v) is 6.55. The Kier molecular flexibility index (Phi) is 7.39. The molecule has 0 amide bonds. The number of unbranched alkanes of at least 4 members (excludes halogenated alkanes) is 1. The van der Waals surface area contributed by atoms with Gasteiger partial charge < -0.3 is 4.79 Å². The molecule has 0 atom stereocenters. The predicted octanol–water partition coefficient (Wildman–Crippen LogP) is 1.55. The maximum Gasteiger partial charge on any atom is 0.120 e. The van der Waals surface area contributed by atoms with Gasteiger partial charge in [-0.15, -0.1) is 0 Å². The van der Waals surface area contributed by atoms with Crippen LogP contribution in [-0.4, -0.2) is 6.29 Å². The largest absolute Gasteiger partial charge is 0.303 e. The molecule has 0 unspecified atom stereocenters. The standard InChI is InChI=1S/C10H10O/c1-2-3-4-5-6-7-8-9-10-11/h2-3,10H,8-9H2,1H3/b3-2+. The maximum absolute atomic E-state index is 9.83. The van der Waals surface area contributed by atoms with Crippen molar-refractivity contribution in [1.82, 2.24) is 0 Å². The first kappa shape index (κ1) is 9.53. The van der Waals surface area contributed by atoms with Gasteiger partial charge in [-0.25, -0.2) is 0 Å². The van der Waals surface area contributed by atoms with E-state index in [0.717, 1.165) is 6.29 Å². The van der Waals surface area contributed by atoms with Crippen molar-refractivity contribution in [3.8, 4) is 23.7 Å². The molecule has 0 saturated carbocycles. The Morgan fingerprint density at radius 1 is 1.36 bits per heavy atom. The number of carbonyl (C=O) groups is 1. The highest BCUT2D eigenvalue weighted by molar-refractivity contribution is 5.50. The number of hydrogen-bond donors (Lipinski definition) is 0. The molecule has 1 heteroatoms. The van der Waals surface area contributed by atoms with Crippen molar-refractivity contribution >= 4 is 6.29 Å². The normalized spacial score (nSPS) is 7.73. The lowest BCUT2D eigenvalue weighted by Crippen LogP contribution is -1.69. The highest BCUT2D eigenvalue weighted by Crippen LogP contribution is 1.77. The van der Waals surface area contributed by atoms with E-state index < -0.39 is 0 Å². The topological polar surface area (TPSA) is 17.1 Å². The molecule has 0 aliphatic heterocycles. The van der Waals surface area contributed by atoms with Crippen LogP contribution in [0.15, 0.2) is 12.2 Å². The summed E-state index contributed by atoms with van der Waals surface area (Å²) in [4.78, 5) is 9.83. The molecule has 0 saturated heterocycles. The van der Waals surface area contributed by atoms with Crippen LogP contribution in [0.2, 0.25) is 0 Å². The molecule has 0 N–H and O–H groups in total. The van der Waals surface area contributed by atoms with E-state index in [0.29, 0.717) is 12.8 Å². The van der Waals surface area contributed by atoms with E-state index in [1.165, 1.54) is 0 Å². The van der Waals surface area contributed by atoms with Gasteiger partial charge in [-0.05, 0) is 24.8 Å². The Hall–Kier alpha value is -1.47. The van der Waals surface area contributed by atoms with E-state index in [1.807, 2.05) is 13.0 Å². The smallest absolute Gasteiger partial charge is 0.120 e. The molecule has 0 aromatic rings. The molecule has 0 spiro atoms. The molecule has 0 aromatic heterocycles. The van der Waals surface area contributed by atoms with Crippen LogP contribution in [0.4, 0.5) is 0 Å². The summed E-state index contributed by atoms with van der Waals surface area (Å²) < 4.78 is 0. The van der Waals surface area contributed by atoms with Crippen LogP contribution in [0, 0.1) is 23.7 Å². The minimum atomic E-state index is 0.498. The zero-order chi connectivity index (χ0) is 8.36. The van der Waals surface area contributed by atoms with Crippen LogP contribution in [0.5, 0.6) is 0 Å². The van der Waals surface area contributed by atoms with E-state index in [1.54, 1.807) is 6.08 Å². The Bertz CT molecular complexity index is 240. The first-order chi connectivity index (χ1) is 5.41. The van der Waals surface area contributed by atoms with Crippen LogP contribution in [0.3, 0.4) is 0 Å². The molecule has 1 nitrogen and oxygen atoms in total. The van der Waals surface area contributed by atoms with Crippen LogP contribution in [-0.2, 0) is 4.79 Å². The van der Waals surface area contributed by atoms with Crippen LogP contribution < -0.4 is 0 Å². The molecule has 56 valence electrons. The summed E-state index contributed by atoms with van der Waals surface area (Å²) in [5, 5.41) is 0. The lowest BCUT2D eigenvalue weighted by Gasteiger charge is -1.72. The summed E-state index contributed by atoms with van der Waals surface area (Å²) in [5.74, 6) is 10.7. The van der Waals surface area contributed by atoms with Gasteiger partial charge in [0.05, 0.1) is 0 Å². The number of allylic oxidation sites excluding steroid dienone is 2. The van der Waals surface area contributed by atoms with Crippen LogP contribution in [0.25, 0.3) is 0 Å². The molecular formula is C10H10O. The van der Waals surface area contributed by atoms with E-state index in [2.05, 4.69) is 23.7 Å². The number of carbonyl (C=O) groups excluding carboxylic acids is 1. The summed E-state index contributed by atoms with van der Waals surface area (Å²) in [6.45, 7) is 1.90. The van der Waals surface area contributed by atoms with Gasteiger partial charge >= 0.3 is 0 Å². The monoisotopic (exact) mass is 146 g/mol. The third-order valence-electron chi connectivity index (χ3n) is 0.860. The molecule has 0 aliphatic rings. The zero-order valence-electron chi connectivity index (χ0n) is 6.55. The van der Waals surface area contributed by atoms with Gasteiger partial charge in [-0.3, -0.25) is 0 Å². The van der Waals surface area contributed by atoms with Crippen molar-refractivity contribution < 1.29 is 4.79 Å². The molecule has 0 bridgehead atoms. The minimum absolute atomic E-state index is 0.498. The average molecular weight is 146 g/mol. The third kappa shape index (κ3) is 8.53. The number of rotatable bonds is 2. The number of aldehydes is 1. The molecule has 0 aromatic carbocycles. The summed E-state index contributed by atoms with van der Waals surface area (Å²) in [7, 11) is 0. The maximum atomic E-state index is 9.83. The first-order valence-corrected chi connectivity index (χ1v) is 3.45. The second-order valence-electron chi connectivity index (χ2n) is 1.78. The summed E-state index contributed by atoms with van der Waals surface area (Å²) in [6, 6.07) is 0. The molecule has 0 fully saturated rings. The van der Waals surface area contributed by atoms with Gasteiger partial charge in [0, 0.05) is 12.8 Å². The molecular weight excluding hydrogens is 136 g/mol. The van der Waals surface area contributed by atoms with Crippen LogP contribution >= 0.6 is 0 Å². The fraction of sp³-hybridized carbons (Fsp3) is 0.300. The van der Waals surface area contributed by atoms with Crippen molar-refractivity contribution in [3.05, 3.63) is 12.2 Å². The fourth-order valence-electron chi connectivity index (χ4n) is 0.399. The van der Waals surface area contributed by atoms with E-state index in [4.69, 9.17) is 0 Å². The Morgan fingerprint density at radius 2 is 2.18 bits per heavy atom. The van der Waals surface area contributed by atoms with Gasteiger partial charge in [0.1, 0.15) is 6.29 Å². The van der Waals surface area contributed by atoms with Crippen molar-refractivity contribution in [1.29, 1.82) is 0 Å². The van der Waals surface area contributed by atoms with Gasteiger partial charge in [-0.2, -0.15) is 0 Å². The molecule has 0 aliphatic carbocycles. The van der Waals surface area contributed by atoms with Crippen molar-refractivity contribution in [2.45, 2.75) is 19.8 Å². The molecule has 0 radical (unpaired) electrons. The van der Waals surface area contributed by atoms with E-state index in [-0.39, 0.29) is 0 Å². The lowest BCUT2D eigenvalue weighted by atomic mass is 10.3. The SMILES string of the molecule is C/C=C/C#CC#CCCC=O. The molecule has 11 heavy (non-hydrogen) atoms. The predicted molar refractivity (Wildman–Crippen MR) is 45.7 cm³/mol. The molecule has 0 heterocycles. The number of hydrogen-bond acceptors (Lipinski definition) is 1. The van der Waals surface area contributed by atoms with Crippen molar-refractivity contribution in [2.75, 3.05) is 0 Å². The highest BCUT2D eigenvalue weighted by atomic mass is 16.1. The quantitative estimate of drug-likeness (QED) is 0.328. The van der Waals surface area contributed by atoms with Gasteiger partial charge in [0.15, 0.2) is 0 Å². The Morgan fingerprint density at radius 3 is 2.82 bits per heavy atom. The second kappa shape index (κ2) is 8.53. The van der Waals surface area contributed by atoms with Gasteiger partial charge in [-0.1, -0.05) is 17.9 Å². The van der Waals surface area contributed by atoms with Crippen molar-refractivity contribution in [2.24, 2.45) is 0 Å². The van der Waals surface area contributed by atoms with Gasteiger partial charge in [0.25, 0.3) is 0 Å². The summed E-state index contributed by atoms with van der Waals surface area (Å²) in [6.07, 6.45) is 5.54. The fourth-order valence-corrected chi connectivity index (χ4v) is 0.399. The summed E-state index contributed by atoms with van der Waals surface area (Å²) in [5.41, 5.74) is 0. The Labute approximate surface area is 67.5 Å². The first-order valence-electron chi connectivity index (χ1n) is 3.45. The average Bonchev–Trinajstić information content (AvgIpc) is 2.03. The summed E-state index contributed by atoms with van der Waals surface area (Å²) >= 11 is 0. The van der Waals surface area contributed by atoms with Gasteiger partial charge in [0.2, 0.25) is 0 Å². The molecule has 0 rings (SSSR count).